The van der Waals surface area contributed by atoms with E-state index < -0.39 is 0 Å². The van der Waals surface area contributed by atoms with E-state index in [0.717, 1.165) is 51.3 Å². The van der Waals surface area contributed by atoms with Crippen LogP contribution in [0.1, 0.15) is 15.9 Å². The second kappa shape index (κ2) is 7.90. The van der Waals surface area contributed by atoms with Crippen molar-refractivity contribution in [3.8, 4) is 0 Å². The maximum atomic E-state index is 13.2. The van der Waals surface area contributed by atoms with Gasteiger partial charge in [0.2, 0.25) is 0 Å². The molecule has 27 heavy (non-hydrogen) atoms. The predicted octanol–water partition coefficient (Wildman–Crippen LogP) is 5.24. The minimum atomic E-state index is 0.0410. The Morgan fingerprint density at radius 3 is 2.74 bits per heavy atom. The van der Waals surface area contributed by atoms with Gasteiger partial charge in [-0.2, -0.15) is 11.8 Å². The predicted molar refractivity (Wildman–Crippen MR) is 117 cm³/mol. The van der Waals surface area contributed by atoms with Crippen molar-refractivity contribution in [3.05, 3.63) is 64.3 Å². The Hall–Kier alpha value is -2.05. The van der Waals surface area contributed by atoms with Crippen molar-refractivity contribution in [1.29, 1.82) is 0 Å². The number of halogens is 1. The summed E-state index contributed by atoms with van der Waals surface area (Å²) in [4.78, 5) is 19.7. The van der Waals surface area contributed by atoms with Crippen LogP contribution < -0.4 is 5.32 Å². The Morgan fingerprint density at radius 1 is 1.19 bits per heavy atom. The number of carbonyl (C=O) groups is 1. The molecule has 0 atom stereocenters. The molecule has 0 unspecified atom stereocenters. The van der Waals surface area contributed by atoms with Crippen molar-refractivity contribution in [1.82, 2.24) is 9.88 Å². The fourth-order valence-electron chi connectivity index (χ4n) is 3.23. The number of rotatable bonds is 3. The molecule has 4 rings (SSSR count). The van der Waals surface area contributed by atoms with Crippen LogP contribution >= 0.6 is 27.7 Å². The molecular formula is C21H20BrN3OS. The van der Waals surface area contributed by atoms with E-state index in [1.165, 1.54) is 5.56 Å². The fraction of sp³-hybridized carbons (Fsp3) is 0.238. The summed E-state index contributed by atoms with van der Waals surface area (Å²) in [5.41, 5.74) is 4.41. The van der Waals surface area contributed by atoms with Gasteiger partial charge >= 0.3 is 0 Å². The molecule has 1 aliphatic rings. The van der Waals surface area contributed by atoms with Crippen LogP contribution in [0.3, 0.4) is 0 Å². The van der Waals surface area contributed by atoms with Gasteiger partial charge in [0.15, 0.2) is 0 Å². The first-order valence-electron chi connectivity index (χ1n) is 8.91. The van der Waals surface area contributed by atoms with Crippen LogP contribution in [-0.4, -0.2) is 40.4 Å². The van der Waals surface area contributed by atoms with Crippen LogP contribution in [-0.2, 0) is 0 Å². The molecule has 0 saturated carbocycles. The molecule has 2 aromatic carbocycles. The van der Waals surface area contributed by atoms with E-state index in [0.29, 0.717) is 5.56 Å². The van der Waals surface area contributed by atoms with Gasteiger partial charge in [0.05, 0.1) is 22.5 Å². The first-order valence-corrected chi connectivity index (χ1v) is 10.9. The highest BCUT2D eigenvalue weighted by Crippen LogP contribution is 2.33. The summed E-state index contributed by atoms with van der Waals surface area (Å²) >= 11 is 5.52. The van der Waals surface area contributed by atoms with Crippen molar-refractivity contribution in [3.63, 3.8) is 0 Å². The zero-order chi connectivity index (χ0) is 18.8. The number of pyridine rings is 1. The standard InChI is InChI=1S/C21H20BrN3OS/c1-14-6-7-19(17(22)12-14)24-20-15-4-2-3-5-18(15)23-13-16(20)21(26)25-8-10-27-11-9-25/h2-7,12-13H,8-11H2,1H3,(H,23,24). The largest absolute Gasteiger partial charge is 0.353 e. The zero-order valence-corrected chi connectivity index (χ0v) is 17.4. The van der Waals surface area contributed by atoms with Gasteiger partial charge in [-0.25, -0.2) is 0 Å². The average molecular weight is 442 g/mol. The van der Waals surface area contributed by atoms with Gasteiger partial charge in [0, 0.05) is 40.7 Å². The van der Waals surface area contributed by atoms with Gasteiger partial charge in [0.25, 0.3) is 5.91 Å². The van der Waals surface area contributed by atoms with E-state index in [4.69, 9.17) is 0 Å². The molecule has 3 aromatic rings. The number of hydrogen-bond acceptors (Lipinski definition) is 4. The maximum Gasteiger partial charge on any atom is 0.257 e. The van der Waals surface area contributed by atoms with E-state index in [-0.39, 0.29) is 5.91 Å². The number of benzene rings is 2. The van der Waals surface area contributed by atoms with Gasteiger partial charge in [0.1, 0.15) is 0 Å². The topological polar surface area (TPSA) is 45.2 Å². The number of amides is 1. The summed E-state index contributed by atoms with van der Waals surface area (Å²) < 4.78 is 0.969. The molecular weight excluding hydrogens is 422 g/mol. The van der Waals surface area contributed by atoms with Crippen LogP contribution in [0.4, 0.5) is 11.4 Å². The summed E-state index contributed by atoms with van der Waals surface area (Å²) in [6, 6.07) is 14.1. The third-order valence-corrected chi connectivity index (χ3v) is 6.29. The molecule has 1 fully saturated rings. The smallest absolute Gasteiger partial charge is 0.257 e. The van der Waals surface area contributed by atoms with Crippen molar-refractivity contribution in [2.45, 2.75) is 6.92 Å². The number of thioether (sulfide) groups is 1. The number of carbonyl (C=O) groups excluding carboxylic acids is 1. The molecule has 1 amide bonds. The minimum absolute atomic E-state index is 0.0410. The molecule has 0 bridgehead atoms. The molecule has 1 N–H and O–H groups in total. The lowest BCUT2D eigenvalue weighted by Crippen LogP contribution is -2.38. The quantitative estimate of drug-likeness (QED) is 0.603. The lowest BCUT2D eigenvalue weighted by Gasteiger charge is -2.27. The monoisotopic (exact) mass is 441 g/mol. The van der Waals surface area contributed by atoms with Crippen LogP contribution in [0.2, 0.25) is 0 Å². The number of hydrogen-bond donors (Lipinski definition) is 1. The average Bonchev–Trinajstić information content (AvgIpc) is 2.70. The Morgan fingerprint density at radius 2 is 1.96 bits per heavy atom. The Kier molecular flexibility index (Phi) is 5.36. The molecule has 138 valence electrons. The Balaban J connectivity index is 1.81. The van der Waals surface area contributed by atoms with E-state index in [9.17, 15) is 4.79 Å². The molecule has 4 nitrogen and oxygen atoms in total. The Bertz CT molecular complexity index is 1000. The summed E-state index contributed by atoms with van der Waals surface area (Å²) in [5, 5.41) is 4.44. The van der Waals surface area contributed by atoms with Crippen LogP contribution in [0, 0.1) is 6.92 Å². The van der Waals surface area contributed by atoms with Crippen molar-refractivity contribution in [2.24, 2.45) is 0 Å². The van der Waals surface area contributed by atoms with Crippen molar-refractivity contribution >= 4 is 55.9 Å². The lowest BCUT2D eigenvalue weighted by atomic mass is 10.1. The second-order valence-corrected chi connectivity index (χ2v) is 8.66. The third kappa shape index (κ3) is 3.82. The maximum absolute atomic E-state index is 13.2. The molecule has 1 saturated heterocycles. The number of fused-ring (bicyclic) bond motifs is 1. The van der Waals surface area contributed by atoms with E-state index in [2.05, 4.69) is 45.3 Å². The number of nitrogens with zero attached hydrogens (tertiary/aromatic N) is 2. The first-order chi connectivity index (χ1) is 13.1. The number of anilines is 2. The minimum Gasteiger partial charge on any atom is -0.353 e. The van der Waals surface area contributed by atoms with Crippen LogP contribution in [0.15, 0.2) is 53.1 Å². The summed E-state index contributed by atoms with van der Waals surface area (Å²) in [5.74, 6) is 2.01. The lowest BCUT2D eigenvalue weighted by molar-refractivity contribution is 0.0773. The van der Waals surface area contributed by atoms with Gasteiger partial charge in [-0.15, -0.1) is 0 Å². The summed E-state index contributed by atoms with van der Waals surface area (Å²) in [6.07, 6.45) is 1.71. The summed E-state index contributed by atoms with van der Waals surface area (Å²) in [7, 11) is 0. The molecule has 0 spiro atoms. The number of para-hydroxylation sites is 1. The fourth-order valence-corrected chi connectivity index (χ4v) is 4.73. The molecule has 1 aliphatic heterocycles. The van der Waals surface area contributed by atoms with Crippen molar-refractivity contribution < 1.29 is 4.79 Å². The summed E-state index contributed by atoms with van der Waals surface area (Å²) in [6.45, 7) is 3.62. The van der Waals surface area contributed by atoms with Gasteiger partial charge in [-0.3, -0.25) is 9.78 Å². The molecule has 0 aliphatic carbocycles. The molecule has 0 radical (unpaired) electrons. The number of nitrogens with one attached hydrogen (secondary N) is 1. The molecule has 1 aromatic heterocycles. The Labute approximate surface area is 171 Å². The number of aryl methyl sites for hydroxylation is 1. The van der Waals surface area contributed by atoms with E-state index in [1.807, 2.05) is 47.0 Å². The molecule has 6 heteroatoms. The van der Waals surface area contributed by atoms with Gasteiger partial charge in [-0.05, 0) is 46.6 Å². The first kappa shape index (κ1) is 18.3. The third-order valence-electron chi connectivity index (χ3n) is 4.69. The SMILES string of the molecule is Cc1ccc(Nc2c(C(=O)N3CCSCC3)cnc3ccccc23)c(Br)c1. The van der Waals surface area contributed by atoms with Gasteiger partial charge in [-0.1, -0.05) is 24.3 Å². The van der Waals surface area contributed by atoms with Crippen molar-refractivity contribution in [2.75, 3.05) is 29.9 Å². The van der Waals surface area contributed by atoms with Crippen LogP contribution in [0.25, 0.3) is 10.9 Å². The highest BCUT2D eigenvalue weighted by atomic mass is 79.9. The highest BCUT2D eigenvalue weighted by Gasteiger charge is 2.23. The van der Waals surface area contributed by atoms with E-state index in [1.54, 1.807) is 6.20 Å². The highest BCUT2D eigenvalue weighted by molar-refractivity contribution is 9.10. The van der Waals surface area contributed by atoms with E-state index >= 15 is 0 Å². The second-order valence-electron chi connectivity index (χ2n) is 6.58. The van der Waals surface area contributed by atoms with Gasteiger partial charge < -0.3 is 10.2 Å². The number of aromatic nitrogens is 1. The normalized spacial score (nSPS) is 14.4. The zero-order valence-electron chi connectivity index (χ0n) is 15.0. The van der Waals surface area contributed by atoms with Crippen LogP contribution in [0.5, 0.6) is 0 Å². The molecule has 2 heterocycles.